The Balaban J connectivity index is 1.45. The Bertz CT molecular complexity index is 747. The second kappa shape index (κ2) is 5.75. The zero-order chi connectivity index (χ0) is 16.9. The predicted octanol–water partition coefficient (Wildman–Crippen LogP) is -0.211. The molecule has 8 nitrogen and oxygen atoms in total. The molecular weight excluding hydrogens is 332 g/mol. The maximum atomic E-state index is 12.4. The molecule has 4 atom stereocenters. The van der Waals surface area contributed by atoms with Crippen LogP contribution < -0.4 is 10.0 Å². The summed E-state index contributed by atoms with van der Waals surface area (Å²) in [5.74, 6) is 1.08. The number of carbonyl (C=O) groups is 1. The maximum Gasteiger partial charge on any atom is 0.254 e. The molecule has 9 heteroatoms. The first-order valence-corrected chi connectivity index (χ1v) is 10.0. The molecule has 1 aromatic rings. The predicted molar refractivity (Wildman–Crippen MR) is 84.9 cm³/mol. The normalized spacial score (nSPS) is 32.0. The van der Waals surface area contributed by atoms with E-state index in [1.165, 1.54) is 12.4 Å². The molecular formula is C15H20N4O4S. The number of nitrogens with one attached hydrogen (secondary N) is 2. The molecule has 4 rings (SSSR count). The van der Waals surface area contributed by atoms with Crippen LogP contribution in [0.3, 0.4) is 0 Å². The van der Waals surface area contributed by atoms with Gasteiger partial charge in [0.2, 0.25) is 10.0 Å². The van der Waals surface area contributed by atoms with Crippen molar-refractivity contribution >= 4 is 15.9 Å². The van der Waals surface area contributed by atoms with Crippen LogP contribution in [0.15, 0.2) is 12.4 Å². The van der Waals surface area contributed by atoms with Gasteiger partial charge < -0.3 is 10.1 Å². The van der Waals surface area contributed by atoms with E-state index in [-0.39, 0.29) is 24.0 Å². The lowest BCUT2D eigenvalue weighted by atomic mass is 9.72. The van der Waals surface area contributed by atoms with E-state index in [0.717, 1.165) is 31.3 Å². The standard InChI is InChI=1S/C15H20N4O4S/c1-24(21,22)19-12-11(10-4-5-23-13(10)12)18-15(20)9-6-16-14(17-7-9)8-2-3-8/h6-8,10-13,19H,2-5H2,1H3,(H,18,20)/t10-,11+,12-,13-/m1/s1. The quantitative estimate of drug-likeness (QED) is 0.759. The molecule has 0 aromatic carbocycles. The number of fused-ring (bicyclic) bond motifs is 1. The summed E-state index contributed by atoms with van der Waals surface area (Å²) in [5.41, 5.74) is 0.389. The van der Waals surface area contributed by atoms with Gasteiger partial charge in [0.05, 0.1) is 30.0 Å². The molecule has 3 aliphatic rings. The van der Waals surface area contributed by atoms with E-state index in [4.69, 9.17) is 4.74 Å². The highest BCUT2D eigenvalue weighted by molar-refractivity contribution is 7.88. The van der Waals surface area contributed by atoms with Crippen LogP contribution in [0, 0.1) is 5.92 Å². The van der Waals surface area contributed by atoms with E-state index in [0.29, 0.717) is 18.1 Å². The number of rotatable bonds is 5. The summed E-state index contributed by atoms with van der Waals surface area (Å²) in [6, 6.07) is -0.703. The third kappa shape index (κ3) is 3.03. The third-order valence-electron chi connectivity index (χ3n) is 4.91. The van der Waals surface area contributed by atoms with Gasteiger partial charge in [-0.3, -0.25) is 4.79 Å². The van der Waals surface area contributed by atoms with E-state index < -0.39 is 16.1 Å². The van der Waals surface area contributed by atoms with E-state index in [2.05, 4.69) is 20.0 Å². The summed E-state index contributed by atoms with van der Waals surface area (Å²) in [4.78, 5) is 20.9. The second-order valence-corrected chi connectivity index (χ2v) is 8.59. The van der Waals surface area contributed by atoms with Gasteiger partial charge in [0, 0.05) is 30.8 Å². The minimum atomic E-state index is -3.37. The molecule has 130 valence electrons. The van der Waals surface area contributed by atoms with Crippen LogP contribution in [0.2, 0.25) is 0 Å². The summed E-state index contributed by atoms with van der Waals surface area (Å²) in [5, 5.41) is 2.92. The summed E-state index contributed by atoms with van der Waals surface area (Å²) >= 11 is 0. The largest absolute Gasteiger partial charge is 0.376 e. The fourth-order valence-electron chi connectivity index (χ4n) is 3.53. The van der Waals surface area contributed by atoms with Gasteiger partial charge in [-0.2, -0.15) is 0 Å². The Morgan fingerprint density at radius 1 is 1.21 bits per heavy atom. The van der Waals surface area contributed by atoms with Crippen LogP contribution >= 0.6 is 0 Å². The van der Waals surface area contributed by atoms with Crippen molar-refractivity contribution in [2.24, 2.45) is 5.92 Å². The lowest BCUT2D eigenvalue weighted by Crippen LogP contribution is -2.70. The topological polar surface area (TPSA) is 110 Å². The Labute approximate surface area is 140 Å². The molecule has 1 saturated heterocycles. The van der Waals surface area contributed by atoms with Gasteiger partial charge in [0.25, 0.3) is 5.91 Å². The van der Waals surface area contributed by atoms with E-state index in [1.54, 1.807) is 0 Å². The molecule has 2 saturated carbocycles. The van der Waals surface area contributed by atoms with Crippen molar-refractivity contribution in [1.29, 1.82) is 0 Å². The zero-order valence-electron chi connectivity index (χ0n) is 13.3. The van der Waals surface area contributed by atoms with Crippen molar-refractivity contribution in [3.05, 3.63) is 23.8 Å². The van der Waals surface area contributed by atoms with Crippen molar-refractivity contribution < 1.29 is 17.9 Å². The number of hydrogen-bond acceptors (Lipinski definition) is 6. The van der Waals surface area contributed by atoms with Crippen LogP contribution in [0.25, 0.3) is 0 Å². The highest BCUT2D eigenvalue weighted by atomic mass is 32.2. The summed E-state index contributed by atoms with van der Waals surface area (Å²) in [6.45, 7) is 0.586. The van der Waals surface area contributed by atoms with Gasteiger partial charge in [0.1, 0.15) is 5.82 Å². The molecule has 1 aromatic heterocycles. The van der Waals surface area contributed by atoms with Crippen molar-refractivity contribution in [2.45, 2.75) is 43.4 Å². The summed E-state index contributed by atoms with van der Waals surface area (Å²) in [6.07, 6.45) is 7.05. The highest BCUT2D eigenvalue weighted by Gasteiger charge is 2.55. The van der Waals surface area contributed by atoms with Gasteiger partial charge in [-0.05, 0) is 19.3 Å². The number of amides is 1. The minimum absolute atomic E-state index is 0.139. The molecule has 2 heterocycles. The van der Waals surface area contributed by atoms with Crippen molar-refractivity contribution in [1.82, 2.24) is 20.0 Å². The molecule has 2 aliphatic carbocycles. The maximum absolute atomic E-state index is 12.4. The molecule has 1 amide bonds. The fourth-order valence-corrected chi connectivity index (χ4v) is 4.31. The van der Waals surface area contributed by atoms with Gasteiger partial charge in [-0.15, -0.1) is 0 Å². The number of aromatic nitrogens is 2. The van der Waals surface area contributed by atoms with Gasteiger partial charge >= 0.3 is 0 Å². The van der Waals surface area contributed by atoms with E-state index in [9.17, 15) is 13.2 Å². The van der Waals surface area contributed by atoms with Gasteiger partial charge in [0.15, 0.2) is 0 Å². The number of nitrogens with zero attached hydrogens (tertiary/aromatic N) is 2. The first kappa shape index (κ1) is 15.9. The molecule has 0 radical (unpaired) electrons. The summed E-state index contributed by atoms with van der Waals surface area (Å²) < 4.78 is 31.2. The Morgan fingerprint density at radius 2 is 1.92 bits per heavy atom. The summed E-state index contributed by atoms with van der Waals surface area (Å²) in [7, 11) is -3.37. The third-order valence-corrected chi connectivity index (χ3v) is 5.61. The molecule has 2 N–H and O–H groups in total. The van der Waals surface area contributed by atoms with Crippen LogP contribution in [-0.4, -0.2) is 55.3 Å². The van der Waals surface area contributed by atoms with Crippen LogP contribution in [0.5, 0.6) is 0 Å². The molecule has 0 spiro atoms. The first-order valence-electron chi connectivity index (χ1n) is 8.14. The van der Waals surface area contributed by atoms with Crippen LogP contribution in [0.4, 0.5) is 0 Å². The van der Waals surface area contributed by atoms with Crippen molar-refractivity contribution in [3.63, 3.8) is 0 Å². The van der Waals surface area contributed by atoms with E-state index in [1.807, 2.05) is 0 Å². The average molecular weight is 352 g/mol. The molecule has 0 bridgehead atoms. The van der Waals surface area contributed by atoms with Crippen molar-refractivity contribution in [3.8, 4) is 0 Å². The van der Waals surface area contributed by atoms with Crippen molar-refractivity contribution in [2.75, 3.05) is 12.9 Å². The number of ether oxygens (including phenoxy) is 1. The first-order chi connectivity index (χ1) is 11.4. The number of sulfonamides is 1. The zero-order valence-corrected chi connectivity index (χ0v) is 14.1. The lowest BCUT2D eigenvalue weighted by Gasteiger charge is -2.47. The Morgan fingerprint density at radius 3 is 2.54 bits per heavy atom. The second-order valence-electron chi connectivity index (χ2n) is 6.81. The molecule has 1 aliphatic heterocycles. The average Bonchev–Trinajstić information content (AvgIpc) is 3.29. The lowest BCUT2D eigenvalue weighted by molar-refractivity contribution is -0.0194. The number of hydrogen-bond donors (Lipinski definition) is 2. The molecule has 24 heavy (non-hydrogen) atoms. The van der Waals surface area contributed by atoms with Crippen LogP contribution in [-0.2, 0) is 14.8 Å². The van der Waals surface area contributed by atoms with Crippen LogP contribution in [0.1, 0.15) is 41.4 Å². The highest BCUT2D eigenvalue weighted by Crippen LogP contribution is 2.40. The van der Waals surface area contributed by atoms with Gasteiger partial charge in [-0.25, -0.2) is 23.1 Å². The van der Waals surface area contributed by atoms with Gasteiger partial charge in [-0.1, -0.05) is 0 Å². The minimum Gasteiger partial charge on any atom is -0.376 e. The Hall–Kier alpha value is -1.58. The molecule has 0 unspecified atom stereocenters. The Kier molecular flexibility index (Phi) is 3.81. The van der Waals surface area contributed by atoms with E-state index >= 15 is 0 Å². The fraction of sp³-hybridized carbons (Fsp3) is 0.667. The smallest absolute Gasteiger partial charge is 0.254 e. The molecule has 3 fully saturated rings. The monoisotopic (exact) mass is 352 g/mol. The number of carbonyl (C=O) groups excluding carboxylic acids is 1. The SMILES string of the molecule is CS(=O)(=O)N[C@@H]1[C@@H](NC(=O)c2cnc(C3CC3)nc2)[C@H]2CCO[C@H]21.